The molecule has 1 aliphatic carbocycles. The highest BCUT2D eigenvalue weighted by Gasteiger charge is 2.42. The maximum atomic E-state index is 12.6. The molecule has 6 heteroatoms. The summed E-state index contributed by atoms with van der Waals surface area (Å²) < 4.78 is 33.7. The standard InChI is InChI=1S/C15H20N2O3S/c18-21(19,12-3-4-13-11(9-12)5-7-16-13)17-14-6-8-20-15(14)10-1-2-10/h3-4,9-10,14-17H,1-2,5-8H2. The predicted molar refractivity (Wildman–Crippen MR) is 79.8 cm³/mol. The van der Waals surface area contributed by atoms with Gasteiger partial charge in [-0.15, -0.1) is 0 Å². The molecule has 5 nitrogen and oxygen atoms in total. The molecule has 2 aliphatic heterocycles. The number of rotatable bonds is 4. The van der Waals surface area contributed by atoms with E-state index in [4.69, 9.17) is 4.74 Å². The van der Waals surface area contributed by atoms with Crippen LogP contribution < -0.4 is 10.0 Å². The Morgan fingerprint density at radius 1 is 1.24 bits per heavy atom. The smallest absolute Gasteiger partial charge is 0.240 e. The van der Waals surface area contributed by atoms with Gasteiger partial charge in [0, 0.05) is 18.8 Å². The molecule has 2 unspecified atom stereocenters. The second-order valence-electron chi connectivity index (χ2n) is 6.19. The summed E-state index contributed by atoms with van der Waals surface area (Å²) in [5, 5.41) is 3.25. The van der Waals surface area contributed by atoms with Crippen LogP contribution >= 0.6 is 0 Å². The third kappa shape index (κ3) is 2.56. The average Bonchev–Trinajstić information content (AvgIpc) is 3.01. The molecule has 3 aliphatic rings. The molecule has 1 saturated heterocycles. The molecule has 2 fully saturated rings. The zero-order valence-corrected chi connectivity index (χ0v) is 12.7. The van der Waals surface area contributed by atoms with E-state index in [-0.39, 0.29) is 12.1 Å². The Hall–Kier alpha value is -1.11. The van der Waals surface area contributed by atoms with Gasteiger partial charge in [0.1, 0.15) is 0 Å². The van der Waals surface area contributed by atoms with Gasteiger partial charge in [-0.1, -0.05) is 0 Å². The van der Waals surface area contributed by atoms with Crippen molar-refractivity contribution in [2.45, 2.75) is 42.7 Å². The van der Waals surface area contributed by atoms with E-state index in [9.17, 15) is 8.42 Å². The summed E-state index contributed by atoms with van der Waals surface area (Å²) in [6, 6.07) is 5.26. The van der Waals surface area contributed by atoms with Gasteiger partial charge >= 0.3 is 0 Å². The van der Waals surface area contributed by atoms with Crippen molar-refractivity contribution in [3.8, 4) is 0 Å². The first kappa shape index (κ1) is 13.5. The van der Waals surface area contributed by atoms with E-state index in [1.807, 2.05) is 6.07 Å². The maximum Gasteiger partial charge on any atom is 0.240 e. The minimum absolute atomic E-state index is 0.0656. The highest BCUT2D eigenvalue weighted by molar-refractivity contribution is 7.89. The molecular formula is C15H20N2O3S. The second-order valence-corrected chi connectivity index (χ2v) is 7.90. The topological polar surface area (TPSA) is 67.4 Å². The van der Waals surface area contributed by atoms with Crippen LogP contribution in [0.1, 0.15) is 24.8 Å². The van der Waals surface area contributed by atoms with Crippen molar-refractivity contribution in [3.05, 3.63) is 23.8 Å². The van der Waals surface area contributed by atoms with Crippen molar-refractivity contribution in [3.63, 3.8) is 0 Å². The van der Waals surface area contributed by atoms with E-state index in [1.165, 1.54) is 0 Å². The van der Waals surface area contributed by atoms with Crippen LogP contribution in [0.25, 0.3) is 0 Å². The van der Waals surface area contributed by atoms with E-state index >= 15 is 0 Å². The Morgan fingerprint density at radius 2 is 2.10 bits per heavy atom. The number of sulfonamides is 1. The molecule has 0 amide bonds. The van der Waals surface area contributed by atoms with Crippen LogP contribution in [0.3, 0.4) is 0 Å². The number of anilines is 1. The highest BCUT2D eigenvalue weighted by Crippen LogP contribution is 2.39. The summed E-state index contributed by atoms with van der Waals surface area (Å²) in [7, 11) is -3.46. The molecule has 0 radical (unpaired) electrons. The van der Waals surface area contributed by atoms with E-state index < -0.39 is 10.0 Å². The van der Waals surface area contributed by atoms with Crippen molar-refractivity contribution in [1.29, 1.82) is 0 Å². The van der Waals surface area contributed by atoms with Crippen LogP contribution in [0, 0.1) is 5.92 Å². The number of ether oxygens (including phenoxy) is 1. The molecule has 1 aromatic rings. The average molecular weight is 308 g/mol. The molecule has 1 aromatic carbocycles. The molecule has 2 heterocycles. The van der Waals surface area contributed by atoms with Crippen molar-refractivity contribution in [1.82, 2.24) is 4.72 Å². The predicted octanol–water partition coefficient (Wildman–Crippen LogP) is 1.50. The minimum Gasteiger partial charge on any atom is -0.384 e. The largest absolute Gasteiger partial charge is 0.384 e. The summed E-state index contributed by atoms with van der Waals surface area (Å²) in [4.78, 5) is 0.367. The summed E-state index contributed by atoms with van der Waals surface area (Å²) in [5.74, 6) is 0.546. The zero-order valence-electron chi connectivity index (χ0n) is 11.8. The number of fused-ring (bicyclic) bond motifs is 1. The molecule has 0 bridgehead atoms. The Balaban J connectivity index is 1.55. The van der Waals surface area contributed by atoms with Gasteiger partial charge in [-0.3, -0.25) is 0 Å². The Bertz CT molecular complexity index is 655. The lowest BCUT2D eigenvalue weighted by Gasteiger charge is -2.19. The van der Waals surface area contributed by atoms with Gasteiger partial charge in [-0.2, -0.15) is 0 Å². The maximum absolute atomic E-state index is 12.6. The monoisotopic (exact) mass is 308 g/mol. The van der Waals surface area contributed by atoms with Crippen LogP contribution in [0.5, 0.6) is 0 Å². The van der Waals surface area contributed by atoms with Crippen LogP contribution in [-0.2, 0) is 21.2 Å². The van der Waals surface area contributed by atoms with E-state index in [2.05, 4.69) is 10.0 Å². The molecule has 2 N–H and O–H groups in total. The summed E-state index contributed by atoms with van der Waals surface area (Å²) in [6.45, 7) is 1.54. The summed E-state index contributed by atoms with van der Waals surface area (Å²) in [5.41, 5.74) is 2.13. The van der Waals surface area contributed by atoms with Crippen LogP contribution in [0.2, 0.25) is 0 Å². The summed E-state index contributed by atoms with van der Waals surface area (Å²) in [6.07, 6.45) is 4.04. The van der Waals surface area contributed by atoms with Crippen molar-refractivity contribution >= 4 is 15.7 Å². The van der Waals surface area contributed by atoms with Gasteiger partial charge in [0.05, 0.1) is 17.0 Å². The molecule has 4 rings (SSSR count). The normalized spacial score (nSPS) is 28.4. The third-order valence-corrected chi connectivity index (χ3v) is 6.11. The zero-order chi connectivity index (χ0) is 14.4. The van der Waals surface area contributed by atoms with E-state index in [0.29, 0.717) is 17.4 Å². The fourth-order valence-corrected chi connectivity index (χ4v) is 4.67. The highest BCUT2D eigenvalue weighted by atomic mass is 32.2. The molecule has 114 valence electrons. The Morgan fingerprint density at radius 3 is 2.90 bits per heavy atom. The van der Waals surface area contributed by atoms with Gasteiger partial charge in [0.15, 0.2) is 0 Å². The lowest BCUT2D eigenvalue weighted by atomic mass is 10.1. The van der Waals surface area contributed by atoms with Crippen molar-refractivity contribution in [2.24, 2.45) is 5.92 Å². The van der Waals surface area contributed by atoms with Crippen LogP contribution in [0.4, 0.5) is 5.69 Å². The second kappa shape index (κ2) is 4.97. The van der Waals surface area contributed by atoms with Crippen LogP contribution in [0.15, 0.2) is 23.1 Å². The third-order valence-electron chi connectivity index (χ3n) is 4.63. The van der Waals surface area contributed by atoms with Gasteiger partial charge < -0.3 is 10.1 Å². The SMILES string of the molecule is O=S(=O)(NC1CCOC1C1CC1)c1ccc2c(c1)CCN2. The van der Waals surface area contributed by atoms with Gasteiger partial charge in [0.25, 0.3) is 0 Å². The fraction of sp³-hybridized carbons (Fsp3) is 0.600. The first-order valence-corrected chi connectivity index (χ1v) is 9.12. The molecule has 0 aromatic heterocycles. The molecular weight excluding hydrogens is 288 g/mol. The molecule has 1 saturated carbocycles. The first-order chi connectivity index (χ1) is 10.1. The first-order valence-electron chi connectivity index (χ1n) is 7.64. The minimum atomic E-state index is -3.46. The van der Waals surface area contributed by atoms with Gasteiger partial charge in [0.2, 0.25) is 10.0 Å². The quantitative estimate of drug-likeness (QED) is 0.884. The molecule has 0 spiro atoms. The van der Waals surface area contributed by atoms with Gasteiger partial charge in [-0.05, 0) is 55.4 Å². The fourth-order valence-electron chi connectivity index (χ4n) is 3.34. The Kier molecular flexibility index (Phi) is 3.20. The van der Waals surface area contributed by atoms with E-state index in [0.717, 1.165) is 43.5 Å². The molecule has 21 heavy (non-hydrogen) atoms. The van der Waals surface area contributed by atoms with Crippen molar-refractivity contribution in [2.75, 3.05) is 18.5 Å². The summed E-state index contributed by atoms with van der Waals surface area (Å²) >= 11 is 0. The van der Waals surface area contributed by atoms with Crippen LogP contribution in [-0.4, -0.2) is 33.7 Å². The number of nitrogens with one attached hydrogen (secondary N) is 2. The van der Waals surface area contributed by atoms with E-state index in [1.54, 1.807) is 12.1 Å². The van der Waals surface area contributed by atoms with Gasteiger partial charge in [-0.25, -0.2) is 13.1 Å². The lowest BCUT2D eigenvalue weighted by Crippen LogP contribution is -2.41. The molecule has 2 atom stereocenters. The Labute approximate surface area is 125 Å². The lowest BCUT2D eigenvalue weighted by molar-refractivity contribution is 0.0848. The van der Waals surface area contributed by atoms with Crippen molar-refractivity contribution < 1.29 is 13.2 Å². The number of hydrogen-bond donors (Lipinski definition) is 2. The number of hydrogen-bond acceptors (Lipinski definition) is 4. The number of benzene rings is 1.